The Morgan fingerprint density at radius 1 is 1.17 bits per heavy atom. The first-order chi connectivity index (χ1) is 11.1. The highest BCUT2D eigenvalue weighted by molar-refractivity contribution is 9.11. The number of anilines is 1. The molecule has 0 aliphatic heterocycles. The van der Waals surface area contributed by atoms with Gasteiger partial charge < -0.3 is 4.42 Å². The molecule has 7 heteroatoms. The zero-order valence-electron chi connectivity index (χ0n) is 12.4. The second-order valence-corrected chi connectivity index (χ2v) is 7.37. The third-order valence-corrected chi connectivity index (χ3v) is 4.89. The molecular formula is C16H14BrN3O2S. The summed E-state index contributed by atoms with van der Waals surface area (Å²) >= 11 is 4.67. The zero-order valence-corrected chi connectivity index (χ0v) is 14.8. The van der Waals surface area contributed by atoms with Gasteiger partial charge in [-0.15, -0.1) is 16.4 Å². The Hall–Kier alpha value is -1.99. The fraction of sp³-hybridized carbons (Fsp3) is 0.188. The topological polar surface area (TPSA) is 68.0 Å². The third kappa shape index (κ3) is 4.05. The van der Waals surface area contributed by atoms with Gasteiger partial charge in [-0.1, -0.05) is 36.3 Å². The number of amides is 1. The van der Waals surface area contributed by atoms with E-state index in [0.717, 1.165) is 15.8 Å². The number of rotatable bonds is 5. The lowest BCUT2D eigenvalue weighted by Crippen LogP contribution is -2.10. The summed E-state index contributed by atoms with van der Waals surface area (Å²) in [5.74, 6) is 0.208. The number of aromatic nitrogens is 2. The lowest BCUT2D eigenvalue weighted by Gasteiger charge is -1.99. The van der Waals surface area contributed by atoms with Crippen molar-refractivity contribution < 1.29 is 9.21 Å². The normalized spacial score (nSPS) is 10.7. The molecule has 0 bridgehead atoms. The van der Waals surface area contributed by atoms with E-state index < -0.39 is 0 Å². The molecule has 0 aliphatic rings. The molecule has 0 fully saturated rings. The number of carbonyl (C=O) groups excluding carboxylic acids is 1. The summed E-state index contributed by atoms with van der Waals surface area (Å²) in [6, 6.07) is 11.9. The van der Waals surface area contributed by atoms with E-state index in [4.69, 9.17) is 4.42 Å². The van der Waals surface area contributed by atoms with Crippen LogP contribution in [0.2, 0.25) is 0 Å². The summed E-state index contributed by atoms with van der Waals surface area (Å²) in [5, 5.41) is 10.4. The Bertz CT molecular complexity index is 811. The molecule has 0 saturated heterocycles. The molecule has 0 aliphatic carbocycles. The quantitative estimate of drug-likeness (QED) is 0.703. The van der Waals surface area contributed by atoms with Crippen LogP contribution < -0.4 is 5.32 Å². The molecule has 0 radical (unpaired) electrons. The highest BCUT2D eigenvalue weighted by atomic mass is 79.9. The summed E-state index contributed by atoms with van der Waals surface area (Å²) in [5.41, 5.74) is 2.38. The van der Waals surface area contributed by atoms with Crippen molar-refractivity contribution in [1.82, 2.24) is 10.2 Å². The molecule has 0 unspecified atom stereocenters. The van der Waals surface area contributed by atoms with Crippen LogP contribution in [0, 0.1) is 0 Å². The molecule has 2 aromatic heterocycles. The van der Waals surface area contributed by atoms with Crippen LogP contribution in [0.25, 0.3) is 0 Å². The predicted molar refractivity (Wildman–Crippen MR) is 92.9 cm³/mol. The maximum atomic E-state index is 12.0. The molecule has 1 amide bonds. The highest BCUT2D eigenvalue weighted by Gasteiger charge is 2.13. The lowest BCUT2D eigenvalue weighted by molar-refractivity contribution is 0.102. The molecular weight excluding hydrogens is 378 g/mol. The molecule has 23 heavy (non-hydrogen) atoms. The first-order valence-electron chi connectivity index (χ1n) is 7.11. The van der Waals surface area contributed by atoms with Crippen LogP contribution in [-0.4, -0.2) is 16.1 Å². The molecule has 0 atom stereocenters. The number of thiophene rings is 1. The fourth-order valence-corrected chi connectivity index (χ4v) is 3.32. The van der Waals surface area contributed by atoms with E-state index in [1.807, 2.05) is 18.2 Å². The van der Waals surface area contributed by atoms with Gasteiger partial charge >= 0.3 is 6.01 Å². The van der Waals surface area contributed by atoms with Gasteiger partial charge in [0, 0.05) is 0 Å². The first-order valence-corrected chi connectivity index (χ1v) is 8.72. The Labute approximate surface area is 145 Å². The van der Waals surface area contributed by atoms with Crippen molar-refractivity contribution in [2.24, 2.45) is 0 Å². The maximum Gasteiger partial charge on any atom is 0.322 e. The minimum absolute atomic E-state index is 0.111. The van der Waals surface area contributed by atoms with Gasteiger partial charge in [-0.2, -0.15) is 0 Å². The number of hydrogen-bond donors (Lipinski definition) is 1. The van der Waals surface area contributed by atoms with Gasteiger partial charge in [0.25, 0.3) is 5.91 Å². The second-order valence-electron chi connectivity index (χ2n) is 4.91. The monoisotopic (exact) mass is 391 g/mol. The van der Waals surface area contributed by atoms with E-state index >= 15 is 0 Å². The Morgan fingerprint density at radius 3 is 2.57 bits per heavy atom. The molecule has 3 aromatic rings. The lowest BCUT2D eigenvalue weighted by atomic mass is 10.1. The summed E-state index contributed by atoms with van der Waals surface area (Å²) in [7, 11) is 0. The number of nitrogens with one attached hydrogen (secondary N) is 1. The van der Waals surface area contributed by atoms with Crippen LogP contribution in [-0.2, 0) is 12.8 Å². The average molecular weight is 392 g/mol. The van der Waals surface area contributed by atoms with Gasteiger partial charge in [-0.05, 0) is 45.6 Å². The van der Waals surface area contributed by atoms with Crippen molar-refractivity contribution >= 4 is 39.2 Å². The molecule has 1 N–H and O–H groups in total. The molecule has 0 saturated carbocycles. The number of nitrogens with zero attached hydrogens (tertiary/aromatic N) is 2. The Kier molecular flexibility index (Phi) is 4.88. The van der Waals surface area contributed by atoms with Crippen molar-refractivity contribution in [1.29, 1.82) is 0 Å². The van der Waals surface area contributed by atoms with Crippen molar-refractivity contribution in [3.05, 3.63) is 62.1 Å². The third-order valence-electron chi connectivity index (χ3n) is 3.27. The number of aryl methyl sites for hydroxylation is 1. The van der Waals surface area contributed by atoms with Gasteiger partial charge in [0.1, 0.15) is 0 Å². The smallest absolute Gasteiger partial charge is 0.322 e. The highest BCUT2D eigenvalue weighted by Crippen LogP contribution is 2.23. The minimum Gasteiger partial charge on any atom is -0.407 e. The summed E-state index contributed by atoms with van der Waals surface area (Å²) < 4.78 is 6.37. The second kappa shape index (κ2) is 7.06. The first kappa shape index (κ1) is 15.9. The molecule has 1 aromatic carbocycles. The van der Waals surface area contributed by atoms with Gasteiger partial charge in [-0.3, -0.25) is 10.1 Å². The van der Waals surface area contributed by atoms with Crippen molar-refractivity contribution in [2.45, 2.75) is 19.8 Å². The van der Waals surface area contributed by atoms with Crippen molar-refractivity contribution in [2.75, 3.05) is 5.32 Å². The molecule has 118 valence electrons. The van der Waals surface area contributed by atoms with Crippen LogP contribution in [0.5, 0.6) is 0 Å². The van der Waals surface area contributed by atoms with E-state index in [-0.39, 0.29) is 11.9 Å². The van der Waals surface area contributed by atoms with Crippen molar-refractivity contribution in [3.63, 3.8) is 0 Å². The summed E-state index contributed by atoms with van der Waals surface area (Å²) in [6.07, 6.45) is 1.55. The van der Waals surface area contributed by atoms with Gasteiger partial charge in [0.15, 0.2) is 0 Å². The standard InChI is InChI=1S/C16H14BrN3O2S/c1-2-10-3-5-11(6-4-10)9-14-19-20-16(22-14)18-15(21)12-7-8-13(17)23-12/h3-8H,2,9H2,1H3,(H,18,20,21). The van der Waals surface area contributed by atoms with Crippen LogP contribution in [0.4, 0.5) is 6.01 Å². The zero-order chi connectivity index (χ0) is 16.2. The summed E-state index contributed by atoms with van der Waals surface area (Å²) in [6.45, 7) is 2.12. The number of hydrogen-bond acceptors (Lipinski definition) is 5. The van der Waals surface area contributed by atoms with Gasteiger partial charge in [0.05, 0.1) is 15.1 Å². The van der Waals surface area contributed by atoms with E-state index in [2.05, 4.69) is 50.5 Å². The molecule has 0 spiro atoms. The summed E-state index contributed by atoms with van der Waals surface area (Å²) in [4.78, 5) is 12.6. The van der Waals surface area contributed by atoms with Crippen LogP contribution >= 0.6 is 27.3 Å². The molecule has 5 nitrogen and oxygen atoms in total. The SMILES string of the molecule is CCc1ccc(Cc2nnc(NC(=O)c3ccc(Br)s3)o2)cc1. The number of halogens is 1. The minimum atomic E-state index is -0.261. The van der Waals surface area contributed by atoms with E-state index in [1.54, 1.807) is 6.07 Å². The average Bonchev–Trinajstić information content (AvgIpc) is 3.17. The fourth-order valence-electron chi connectivity index (χ4n) is 2.04. The Morgan fingerprint density at radius 2 is 1.91 bits per heavy atom. The van der Waals surface area contributed by atoms with Crippen molar-refractivity contribution in [3.8, 4) is 0 Å². The van der Waals surface area contributed by atoms with E-state index in [1.165, 1.54) is 16.9 Å². The number of benzene rings is 1. The molecule has 3 rings (SSSR count). The van der Waals surface area contributed by atoms with E-state index in [9.17, 15) is 4.79 Å². The number of carbonyl (C=O) groups is 1. The maximum absolute atomic E-state index is 12.0. The van der Waals surface area contributed by atoms with Crippen LogP contribution in [0.3, 0.4) is 0 Å². The van der Waals surface area contributed by atoms with Crippen LogP contribution in [0.15, 0.2) is 44.6 Å². The van der Waals surface area contributed by atoms with Gasteiger partial charge in [0.2, 0.25) is 5.89 Å². The predicted octanol–water partition coefficient (Wildman–Crippen LogP) is 4.30. The molecule has 2 heterocycles. The van der Waals surface area contributed by atoms with Crippen LogP contribution in [0.1, 0.15) is 33.6 Å². The van der Waals surface area contributed by atoms with Gasteiger partial charge in [-0.25, -0.2) is 0 Å². The largest absolute Gasteiger partial charge is 0.407 e. The Balaban J connectivity index is 1.64. The van der Waals surface area contributed by atoms with E-state index in [0.29, 0.717) is 17.2 Å².